The Kier molecular flexibility index (Phi) is 5.27. The maximum absolute atomic E-state index is 13.3. The van der Waals surface area contributed by atoms with Crippen LogP contribution >= 0.6 is 11.3 Å². The number of fused-ring (bicyclic) bond motifs is 2. The van der Waals surface area contributed by atoms with Gasteiger partial charge in [-0.1, -0.05) is 11.3 Å². The molecule has 0 unspecified atom stereocenters. The Hall–Kier alpha value is -3.14. The molecule has 5 rings (SSSR count). The number of anilines is 2. The molecule has 0 aliphatic carbocycles. The number of ether oxygens (including phenoxy) is 2. The molecule has 1 fully saturated rings. The Bertz CT molecular complexity index is 1130. The van der Waals surface area contributed by atoms with E-state index < -0.39 is 0 Å². The van der Waals surface area contributed by atoms with Gasteiger partial charge in [-0.2, -0.15) is 0 Å². The summed E-state index contributed by atoms with van der Waals surface area (Å²) in [6.45, 7) is 7.78. The van der Waals surface area contributed by atoms with Crippen LogP contribution in [0.15, 0.2) is 18.2 Å². The van der Waals surface area contributed by atoms with Gasteiger partial charge in [-0.25, -0.2) is 4.98 Å². The number of carbonyl (C=O) groups excluding carboxylic acids is 3. The van der Waals surface area contributed by atoms with E-state index in [9.17, 15) is 14.4 Å². The van der Waals surface area contributed by atoms with Gasteiger partial charge in [0.2, 0.25) is 0 Å². The zero-order valence-corrected chi connectivity index (χ0v) is 19.6. The highest BCUT2D eigenvalue weighted by Crippen LogP contribution is 2.41. The Morgan fingerprint density at radius 2 is 2.21 bits per heavy atom. The fourth-order valence-electron chi connectivity index (χ4n) is 4.74. The molecule has 1 saturated heterocycles. The van der Waals surface area contributed by atoms with Crippen LogP contribution in [0.5, 0.6) is 5.75 Å². The first-order valence-electron chi connectivity index (χ1n) is 11.0. The van der Waals surface area contributed by atoms with Crippen LogP contribution in [0.25, 0.3) is 0 Å². The van der Waals surface area contributed by atoms with Crippen molar-refractivity contribution in [2.75, 3.05) is 24.6 Å². The maximum atomic E-state index is 13.3. The molecular formula is C23H26N4O5S. The van der Waals surface area contributed by atoms with Crippen molar-refractivity contribution in [3.05, 3.63) is 34.3 Å². The fraction of sp³-hybridized carbons (Fsp3) is 0.478. The number of nitrogens with one attached hydrogen (secondary N) is 1. The second-order valence-electron chi connectivity index (χ2n) is 9.37. The number of aromatic nitrogens is 1. The number of nitrogens with zero attached hydrogens (tertiary/aromatic N) is 3. The first-order valence-corrected chi connectivity index (χ1v) is 11.8. The lowest BCUT2D eigenvalue weighted by Gasteiger charge is -2.30. The molecule has 2 amide bonds. The molecule has 1 aromatic heterocycles. The molecule has 0 saturated carbocycles. The van der Waals surface area contributed by atoms with Crippen molar-refractivity contribution in [2.45, 2.75) is 51.3 Å². The van der Waals surface area contributed by atoms with Crippen molar-refractivity contribution in [1.82, 2.24) is 15.2 Å². The molecule has 0 bridgehead atoms. The Balaban J connectivity index is 1.45. The van der Waals surface area contributed by atoms with Crippen LogP contribution in [0.2, 0.25) is 0 Å². The monoisotopic (exact) mass is 470 g/mol. The summed E-state index contributed by atoms with van der Waals surface area (Å²) in [5.74, 6) is 0.456. The lowest BCUT2D eigenvalue weighted by molar-refractivity contribution is -0.132. The zero-order chi connectivity index (χ0) is 23.3. The van der Waals surface area contributed by atoms with E-state index in [1.807, 2.05) is 31.7 Å². The Labute approximate surface area is 195 Å². The first kappa shape index (κ1) is 21.7. The second-order valence-corrected chi connectivity index (χ2v) is 10.3. The third-order valence-corrected chi connectivity index (χ3v) is 7.42. The summed E-state index contributed by atoms with van der Waals surface area (Å²) in [6, 6.07) is 5.35. The van der Waals surface area contributed by atoms with Gasteiger partial charge >= 0.3 is 0 Å². The third kappa shape index (κ3) is 3.92. The van der Waals surface area contributed by atoms with Crippen molar-refractivity contribution >= 4 is 40.4 Å². The highest BCUT2D eigenvalue weighted by atomic mass is 32.1. The van der Waals surface area contributed by atoms with Gasteiger partial charge in [0, 0.05) is 30.0 Å². The van der Waals surface area contributed by atoms with Gasteiger partial charge < -0.3 is 24.6 Å². The zero-order valence-electron chi connectivity index (χ0n) is 18.8. The lowest BCUT2D eigenvalue weighted by Crippen LogP contribution is -2.48. The molecule has 1 aromatic carbocycles. The topological polar surface area (TPSA) is 101 Å². The van der Waals surface area contributed by atoms with E-state index in [1.165, 1.54) is 11.3 Å². The number of amides is 2. The molecule has 4 heterocycles. The van der Waals surface area contributed by atoms with E-state index in [0.717, 1.165) is 16.5 Å². The molecule has 174 valence electrons. The van der Waals surface area contributed by atoms with Gasteiger partial charge in [0.15, 0.2) is 5.13 Å². The molecule has 1 N–H and O–H groups in total. The minimum atomic E-state index is -0.338. The van der Waals surface area contributed by atoms with Gasteiger partial charge in [-0.15, -0.1) is 0 Å². The minimum Gasteiger partial charge on any atom is -0.490 e. The predicted molar refractivity (Wildman–Crippen MR) is 122 cm³/mol. The van der Waals surface area contributed by atoms with Crippen LogP contribution in [0.1, 0.15) is 52.9 Å². The van der Waals surface area contributed by atoms with E-state index in [4.69, 9.17) is 14.5 Å². The molecule has 2 aromatic rings. The highest BCUT2D eigenvalue weighted by Gasteiger charge is 2.36. The molecule has 0 spiro atoms. The van der Waals surface area contributed by atoms with E-state index in [0.29, 0.717) is 55.2 Å². The van der Waals surface area contributed by atoms with Crippen molar-refractivity contribution in [1.29, 1.82) is 0 Å². The maximum Gasteiger partial charge on any atom is 0.293 e. The third-order valence-electron chi connectivity index (χ3n) is 6.30. The molecule has 10 heteroatoms. The molecule has 3 aliphatic rings. The van der Waals surface area contributed by atoms with Crippen LogP contribution < -0.4 is 15.0 Å². The molecule has 9 nitrogen and oxygen atoms in total. The second kappa shape index (κ2) is 8.02. The minimum absolute atomic E-state index is 0.0293. The van der Waals surface area contributed by atoms with E-state index >= 15 is 0 Å². The number of benzene rings is 1. The molecule has 2 atom stereocenters. The summed E-state index contributed by atoms with van der Waals surface area (Å²) in [6.07, 6.45) is 1.00. The van der Waals surface area contributed by atoms with Gasteiger partial charge in [-0.3, -0.25) is 14.4 Å². The van der Waals surface area contributed by atoms with Crippen LogP contribution in [-0.4, -0.2) is 65.6 Å². The van der Waals surface area contributed by atoms with Crippen molar-refractivity contribution < 1.29 is 23.9 Å². The number of carbonyl (C=O) groups is 3. The average Bonchev–Trinajstić information content (AvgIpc) is 3.35. The van der Waals surface area contributed by atoms with Crippen LogP contribution in [-0.2, 0) is 16.0 Å². The Morgan fingerprint density at radius 3 is 3.00 bits per heavy atom. The molecular weight excluding hydrogens is 444 g/mol. The normalized spacial score (nSPS) is 23.3. The molecule has 0 radical (unpaired) electrons. The fourth-order valence-corrected chi connectivity index (χ4v) is 5.75. The first-order chi connectivity index (χ1) is 15.8. The average molecular weight is 471 g/mol. The van der Waals surface area contributed by atoms with Crippen molar-refractivity contribution in [3.8, 4) is 5.75 Å². The van der Waals surface area contributed by atoms with E-state index in [-0.39, 0.29) is 29.5 Å². The van der Waals surface area contributed by atoms with Crippen LogP contribution in [0, 0.1) is 0 Å². The summed E-state index contributed by atoms with van der Waals surface area (Å²) in [5, 5.41) is 3.74. The van der Waals surface area contributed by atoms with Crippen molar-refractivity contribution in [3.63, 3.8) is 0 Å². The number of hydrogen-bond donors (Lipinski definition) is 1. The van der Waals surface area contributed by atoms with E-state index in [1.54, 1.807) is 17.0 Å². The van der Waals surface area contributed by atoms with Gasteiger partial charge in [0.25, 0.3) is 18.3 Å². The van der Waals surface area contributed by atoms with Crippen LogP contribution in [0.3, 0.4) is 0 Å². The Morgan fingerprint density at radius 1 is 1.39 bits per heavy atom. The SMILES string of the molecule is C[C@H]1C[C@@H](OC=O)CN1C(=O)c1ccc2c(c1)N(c1nc3c(s1)C(=O)NC(C)(C)C3)CCO2. The van der Waals surface area contributed by atoms with Crippen molar-refractivity contribution in [2.24, 2.45) is 0 Å². The standard InChI is InChI=1S/C23H26N4O5S/c1-13-8-15(32-12-28)11-27(13)21(30)14-4-5-18-17(9-14)26(6-7-31-18)22-24-16-10-23(2,3)25-20(29)19(16)33-22/h4-5,9,12-13,15H,6-8,10-11H2,1-3H3,(H,25,29)/t13-,15+/m0/s1. The number of hydrogen-bond acceptors (Lipinski definition) is 8. The molecule has 33 heavy (non-hydrogen) atoms. The highest BCUT2D eigenvalue weighted by molar-refractivity contribution is 7.17. The quantitative estimate of drug-likeness (QED) is 0.685. The predicted octanol–water partition coefficient (Wildman–Crippen LogP) is 2.51. The van der Waals surface area contributed by atoms with Crippen LogP contribution in [0.4, 0.5) is 10.8 Å². The largest absolute Gasteiger partial charge is 0.490 e. The smallest absolute Gasteiger partial charge is 0.293 e. The number of thiazole rings is 1. The lowest BCUT2D eigenvalue weighted by atomic mass is 9.94. The summed E-state index contributed by atoms with van der Waals surface area (Å²) in [7, 11) is 0. The van der Waals surface area contributed by atoms with Gasteiger partial charge in [0.05, 0.1) is 24.5 Å². The number of rotatable bonds is 4. The summed E-state index contributed by atoms with van der Waals surface area (Å²) in [5.41, 5.74) is 1.75. The van der Waals surface area contributed by atoms with Gasteiger partial charge in [-0.05, 0) is 39.0 Å². The summed E-state index contributed by atoms with van der Waals surface area (Å²) < 4.78 is 10.9. The summed E-state index contributed by atoms with van der Waals surface area (Å²) in [4.78, 5) is 45.7. The van der Waals surface area contributed by atoms with Gasteiger partial charge in [0.1, 0.15) is 23.3 Å². The van der Waals surface area contributed by atoms with E-state index in [2.05, 4.69) is 5.32 Å². The number of likely N-dealkylation sites (tertiary alicyclic amines) is 1. The summed E-state index contributed by atoms with van der Waals surface area (Å²) >= 11 is 1.36. The molecule has 3 aliphatic heterocycles.